The molecule has 1 unspecified atom stereocenters. The van der Waals surface area contributed by atoms with Crippen LogP contribution in [0, 0.1) is 5.92 Å². The van der Waals surface area contributed by atoms with E-state index in [4.69, 9.17) is 5.11 Å². The summed E-state index contributed by atoms with van der Waals surface area (Å²) in [5.41, 5.74) is 2.59. The number of hydrogen-bond acceptors (Lipinski definition) is 2. The summed E-state index contributed by atoms with van der Waals surface area (Å²) in [6.45, 7) is 7.17. The SMILES string of the molecule is CC(C)Cc1ccc(CN(C)C(C)CC(=O)O)cc1. The fourth-order valence-corrected chi connectivity index (χ4v) is 2.10. The van der Waals surface area contributed by atoms with Crippen LogP contribution in [0.5, 0.6) is 0 Å². The van der Waals surface area contributed by atoms with Gasteiger partial charge in [0, 0.05) is 12.6 Å². The van der Waals surface area contributed by atoms with Crippen molar-refractivity contribution in [2.75, 3.05) is 7.05 Å². The van der Waals surface area contributed by atoms with Gasteiger partial charge in [0.15, 0.2) is 0 Å². The maximum Gasteiger partial charge on any atom is 0.304 e. The molecule has 1 atom stereocenters. The maximum atomic E-state index is 10.7. The summed E-state index contributed by atoms with van der Waals surface area (Å²) in [6, 6.07) is 8.67. The van der Waals surface area contributed by atoms with E-state index in [0.29, 0.717) is 5.92 Å². The number of carbonyl (C=O) groups is 1. The average molecular weight is 263 g/mol. The van der Waals surface area contributed by atoms with E-state index in [1.54, 1.807) is 0 Å². The van der Waals surface area contributed by atoms with Crippen molar-refractivity contribution in [2.45, 2.75) is 46.2 Å². The Bertz CT molecular complexity index is 398. The number of carboxylic acids is 1. The summed E-state index contributed by atoms with van der Waals surface area (Å²) in [7, 11) is 1.97. The van der Waals surface area contributed by atoms with Crippen LogP contribution in [0.4, 0.5) is 0 Å². The number of hydrogen-bond donors (Lipinski definition) is 1. The van der Waals surface area contributed by atoms with Gasteiger partial charge in [-0.15, -0.1) is 0 Å². The van der Waals surface area contributed by atoms with Crippen LogP contribution in [0.1, 0.15) is 38.3 Å². The molecule has 0 aliphatic heterocycles. The molecule has 0 bridgehead atoms. The zero-order valence-electron chi connectivity index (χ0n) is 12.4. The van der Waals surface area contributed by atoms with Crippen LogP contribution in [-0.2, 0) is 17.8 Å². The second-order valence-corrected chi connectivity index (χ2v) is 5.78. The average Bonchev–Trinajstić information content (AvgIpc) is 2.30. The molecule has 1 aromatic carbocycles. The minimum atomic E-state index is -0.744. The van der Waals surface area contributed by atoms with Crippen molar-refractivity contribution in [1.82, 2.24) is 4.90 Å². The normalized spacial score (nSPS) is 12.9. The third kappa shape index (κ3) is 5.88. The Balaban J connectivity index is 2.55. The van der Waals surface area contributed by atoms with Crippen LogP contribution in [-0.4, -0.2) is 29.1 Å². The predicted molar refractivity (Wildman–Crippen MR) is 78.2 cm³/mol. The van der Waals surface area contributed by atoms with E-state index in [0.717, 1.165) is 13.0 Å². The molecule has 0 fully saturated rings. The monoisotopic (exact) mass is 263 g/mol. The van der Waals surface area contributed by atoms with E-state index in [-0.39, 0.29) is 12.5 Å². The molecule has 0 aromatic heterocycles. The molecule has 0 saturated heterocycles. The van der Waals surface area contributed by atoms with Crippen LogP contribution < -0.4 is 0 Å². The van der Waals surface area contributed by atoms with E-state index < -0.39 is 5.97 Å². The molecule has 3 heteroatoms. The molecule has 0 radical (unpaired) electrons. The van der Waals surface area contributed by atoms with Gasteiger partial charge in [-0.05, 0) is 37.4 Å². The zero-order valence-corrected chi connectivity index (χ0v) is 12.4. The Kier molecular flexibility index (Phi) is 6.03. The Morgan fingerprint density at radius 1 is 1.16 bits per heavy atom. The summed E-state index contributed by atoms with van der Waals surface area (Å²) in [4.78, 5) is 12.8. The van der Waals surface area contributed by atoms with Crippen molar-refractivity contribution in [2.24, 2.45) is 5.92 Å². The Morgan fingerprint density at radius 2 is 1.68 bits per heavy atom. The summed E-state index contributed by atoms with van der Waals surface area (Å²) in [6.07, 6.45) is 1.29. The predicted octanol–water partition coefficient (Wildman–Crippen LogP) is 3.18. The highest BCUT2D eigenvalue weighted by molar-refractivity contribution is 5.67. The highest BCUT2D eigenvalue weighted by Gasteiger charge is 2.13. The minimum absolute atomic E-state index is 0.0489. The van der Waals surface area contributed by atoms with E-state index >= 15 is 0 Å². The number of nitrogens with zero attached hydrogens (tertiary/aromatic N) is 1. The first-order valence-corrected chi connectivity index (χ1v) is 6.88. The first-order valence-electron chi connectivity index (χ1n) is 6.88. The Labute approximate surface area is 116 Å². The van der Waals surface area contributed by atoms with Crippen LogP contribution in [0.25, 0.3) is 0 Å². The molecule has 0 aliphatic rings. The molecule has 0 saturated carbocycles. The highest BCUT2D eigenvalue weighted by Crippen LogP contribution is 2.12. The largest absolute Gasteiger partial charge is 0.481 e. The van der Waals surface area contributed by atoms with Crippen LogP contribution >= 0.6 is 0 Å². The van der Waals surface area contributed by atoms with Crippen LogP contribution in [0.3, 0.4) is 0 Å². The quantitative estimate of drug-likeness (QED) is 0.821. The molecule has 0 heterocycles. The first kappa shape index (κ1) is 15.7. The number of aliphatic carboxylic acids is 1. The van der Waals surface area contributed by atoms with Crippen LogP contribution in [0.15, 0.2) is 24.3 Å². The summed E-state index contributed by atoms with van der Waals surface area (Å²) in [5, 5.41) is 8.79. The molecule has 0 spiro atoms. The van der Waals surface area contributed by atoms with Crippen molar-refractivity contribution >= 4 is 5.97 Å². The molecule has 0 amide bonds. The van der Waals surface area contributed by atoms with Gasteiger partial charge in [0.25, 0.3) is 0 Å². The van der Waals surface area contributed by atoms with Gasteiger partial charge in [0.1, 0.15) is 0 Å². The minimum Gasteiger partial charge on any atom is -0.481 e. The van der Waals surface area contributed by atoms with E-state index in [1.807, 2.05) is 14.0 Å². The van der Waals surface area contributed by atoms with Gasteiger partial charge in [-0.3, -0.25) is 9.69 Å². The lowest BCUT2D eigenvalue weighted by Crippen LogP contribution is -2.30. The van der Waals surface area contributed by atoms with Gasteiger partial charge in [-0.25, -0.2) is 0 Å². The van der Waals surface area contributed by atoms with Crippen molar-refractivity contribution in [3.05, 3.63) is 35.4 Å². The first-order chi connectivity index (χ1) is 8.88. The second kappa shape index (κ2) is 7.29. The molecule has 0 aliphatic carbocycles. The summed E-state index contributed by atoms with van der Waals surface area (Å²) < 4.78 is 0. The molecule has 1 rings (SSSR count). The molecule has 3 nitrogen and oxygen atoms in total. The third-order valence-corrected chi connectivity index (χ3v) is 3.32. The molecular formula is C16H25NO2. The number of rotatable bonds is 7. The lowest BCUT2D eigenvalue weighted by atomic mass is 10.0. The topological polar surface area (TPSA) is 40.5 Å². The molecule has 19 heavy (non-hydrogen) atoms. The molecule has 1 aromatic rings. The zero-order chi connectivity index (χ0) is 14.4. The number of carboxylic acid groups (broad SMARTS) is 1. The van der Waals surface area contributed by atoms with Gasteiger partial charge >= 0.3 is 5.97 Å². The fraction of sp³-hybridized carbons (Fsp3) is 0.562. The Hall–Kier alpha value is -1.35. The van der Waals surface area contributed by atoms with Gasteiger partial charge in [0.2, 0.25) is 0 Å². The lowest BCUT2D eigenvalue weighted by Gasteiger charge is -2.23. The van der Waals surface area contributed by atoms with Crippen LogP contribution in [0.2, 0.25) is 0 Å². The fourth-order valence-electron chi connectivity index (χ4n) is 2.10. The van der Waals surface area contributed by atoms with Gasteiger partial charge in [0.05, 0.1) is 6.42 Å². The Morgan fingerprint density at radius 3 is 2.16 bits per heavy atom. The highest BCUT2D eigenvalue weighted by atomic mass is 16.4. The lowest BCUT2D eigenvalue weighted by molar-refractivity contribution is -0.138. The molecular weight excluding hydrogens is 238 g/mol. The van der Waals surface area contributed by atoms with Gasteiger partial charge in [-0.2, -0.15) is 0 Å². The number of benzene rings is 1. The van der Waals surface area contributed by atoms with Gasteiger partial charge < -0.3 is 5.11 Å². The van der Waals surface area contributed by atoms with E-state index in [9.17, 15) is 4.79 Å². The van der Waals surface area contributed by atoms with Crippen molar-refractivity contribution < 1.29 is 9.90 Å². The van der Waals surface area contributed by atoms with E-state index in [2.05, 4.69) is 43.0 Å². The van der Waals surface area contributed by atoms with Crippen molar-refractivity contribution in [3.8, 4) is 0 Å². The van der Waals surface area contributed by atoms with Gasteiger partial charge in [-0.1, -0.05) is 38.1 Å². The van der Waals surface area contributed by atoms with Crippen molar-refractivity contribution in [1.29, 1.82) is 0 Å². The second-order valence-electron chi connectivity index (χ2n) is 5.78. The standard InChI is InChI=1S/C16H25NO2/c1-12(2)9-14-5-7-15(8-6-14)11-17(4)13(3)10-16(18)19/h5-8,12-13H,9-11H2,1-4H3,(H,18,19). The third-order valence-electron chi connectivity index (χ3n) is 3.32. The summed E-state index contributed by atoms with van der Waals surface area (Å²) in [5.74, 6) is -0.0734. The smallest absolute Gasteiger partial charge is 0.304 e. The maximum absolute atomic E-state index is 10.7. The molecule has 1 N–H and O–H groups in total. The van der Waals surface area contributed by atoms with Crippen molar-refractivity contribution in [3.63, 3.8) is 0 Å². The molecule has 106 valence electrons. The van der Waals surface area contributed by atoms with E-state index in [1.165, 1.54) is 11.1 Å². The summed E-state index contributed by atoms with van der Waals surface area (Å²) >= 11 is 0.